The van der Waals surface area contributed by atoms with E-state index in [1.807, 2.05) is 18.2 Å². The van der Waals surface area contributed by atoms with Gasteiger partial charge in [0, 0.05) is 6.92 Å². The summed E-state index contributed by atoms with van der Waals surface area (Å²) >= 11 is 0. The van der Waals surface area contributed by atoms with Crippen LogP contribution in [0.1, 0.15) is 25.5 Å². The van der Waals surface area contributed by atoms with Gasteiger partial charge in [-0.2, -0.15) is 0 Å². The van der Waals surface area contributed by atoms with Gasteiger partial charge in [0.2, 0.25) is 5.91 Å². The first-order valence-corrected chi connectivity index (χ1v) is 4.57. The van der Waals surface area contributed by atoms with Crippen molar-refractivity contribution in [2.75, 3.05) is 0 Å². The molecule has 1 N–H and O–H groups in total. The minimum absolute atomic E-state index is 0.219. The van der Waals surface area contributed by atoms with Gasteiger partial charge in [-0.05, 0) is 12.5 Å². The zero-order chi connectivity index (χ0) is 10.6. The highest BCUT2D eigenvalue weighted by molar-refractivity contribution is 5.73. The van der Waals surface area contributed by atoms with E-state index in [0.717, 1.165) is 5.56 Å². The molecular weight excluding hydrogens is 181 g/mol. The van der Waals surface area contributed by atoms with Crippen LogP contribution in [0.15, 0.2) is 30.3 Å². The average molecular weight is 195 g/mol. The fraction of sp³-hybridized carbons (Fsp3) is 0.364. The summed E-state index contributed by atoms with van der Waals surface area (Å²) in [5, 5.41) is 2.58. The number of amides is 1. The van der Waals surface area contributed by atoms with E-state index in [4.69, 9.17) is 0 Å². The van der Waals surface area contributed by atoms with Gasteiger partial charge in [-0.1, -0.05) is 30.3 Å². The lowest BCUT2D eigenvalue weighted by Gasteiger charge is -2.19. The van der Waals surface area contributed by atoms with Crippen LogP contribution in [0.2, 0.25) is 0 Å². The highest BCUT2D eigenvalue weighted by atomic mass is 19.1. The van der Waals surface area contributed by atoms with E-state index in [1.54, 1.807) is 12.1 Å². The Morgan fingerprint density at radius 2 is 1.93 bits per heavy atom. The van der Waals surface area contributed by atoms with E-state index < -0.39 is 12.2 Å². The van der Waals surface area contributed by atoms with Crippen LogP contribution in [-0.4, -0.2) is 12.1 Å². The Kier molecular flexibility index (Phi) is 3.63. The molecule has 2 atom stereocenters. The number of halogens is 1. The van der Waals surface area contributed by atoms with Crippen molar-refractivity contribution in [1.29, 1.82) is 0 Å². The maximum atomic E-state index is 13.2. The van der Waals surface area contributed by atoms with Crippen molar-refractivity contribution < 1.29 is 9.18 Å². The molecule has 2 unspecified atom stereocenters. The van der Waals surface area contributed by atoms with Crippen molar-refractivity contribution in [2.45, 2.75) is 26.1 Å². The minimum Gasteiger partial charge on any atom is -0.347 e. The lowest BCUT2D eigenvalue weighted by atomic mass is 10.0. The first-order chi connectivity index (χ1) is 6.61. The molecule has 1 amide bonds. The summed E-state index contributed by atoms with van der Waals surface area (Å²) in [5.74, 6) is -0.219. The molecule has 0 spiro atoms. The predicted octanol–water partition coefficient (Wildman–Crippen LogP) is 2.22. The Bertz CT molecular complexity index is 297. The van der Waals surface area contributed by atoms with Gasteiger partial charge in [0.25, 0.3) is 0 Å². The molecule has 0 saturated heterocycles. The SMILES string of the molecule is CC(=O)NC(c1ccccc1)C(C)F. The van der Waals surface area contributed by atoms with Crippen LogP contribution in [-0.2, 0) is 4.79 Å². The van der Waals surface area contributed by atoms with Gasteiger partial charge in [0.05, 0.1) is 6.04 Å². The molecule has 1 aromatic rings. The highest BCUT2D eigenvalue weighted by Gasteiger charge is 2.18. The Labute approximate surface area is 83.1 Å². The topological polar surface area (TPSA) is 29.1 Å². The summed E-state index contributed by atoms with van der Waals surface area (Å²) in [7, 11) is 0. The second-order valence-corrected chi connectivity index (χ2v) is 3.27. The summed E-state index contributed by atoms with van der Waals surface area (Å²) in [6.45, 7) is 2.83. The summed E-state index contributed by atoms with van der Waals surface area (Å²) in [4.78, 5) is 10.9. The normalized spacial score (nSPS) is 14.5. The van der Waals surface area contributed by atoms with Gasteiger partial charge < -0.3 is 5.32 Å². The van der Waals surface area contributed by atoms with E-state index >= 15 is 0 Å². The zero-order valence-electron chi connectivity index (χ0n) is 8.33. The number of nitrogens with one attached hydrogen (secondary N) is 1. The Balaban J connectivity index is 2.83. The molecule has 3 heteroatoms. The monoisotopic (exact) mass is 195 g/mol. The lowest BCUT2D eigenvalue weighted by Crippen LogP contribution is -2.31. The lowest BCUT2D eigenvalue weighted by molar-refractivity contribution is -0.120. The molecular formula is C11H14FNO. The van der Waals surface area contributed by atoms with E-state index in [9.17, 15) is 9.18 Å². The van der Waals surface area contributed by atoms with Gasteiger partial charge in [-0.25, -0.2) is 4.39 Å². The van der Waals surface area contributed by atoms with Crippen molar-refractivity contribution in [3.8, 4) is 0 Å². The van der Waals surface area contributed by atoms with Gasteiger partial charge in [0.15, 0.2) is 0 Å². The summed E-state index contributed by atoms with van der Waals surface area (Å²) < 4.78 is 13.2. The number of alkyl halides is 1. The number of carbonyl (C=O) groups is 1. The second-order valence-electron chi connectivity index (χ2n) is 3.27. The zero-order valence-corrected chi connectivity index (χ0v) is 8.33. The number of hydrogen-bond donors (Lipinski definition) is 1. The third-order valence-corrected chi connectivity index (χ3v) is 1.98. The molecule has 0 saturated carbocycles. The smallest absolute Gasteiger partial charge is 0.217 e. The first kappa shape index (κ1) is 10.7. The maximum Gasteiger partial charge on any atom is 0.217 e. The van der Waals surface area contributed by atoms with Gasteiger partial charge in [-0.15, -0.1) is 0 Å². The Hall–Kier alpha value is -1.38. The fourth-order valence-corrected chi connectivity index (χ4v) is 1.34. The van der Waals surface area contributed by atoms with Crippen LogP contribution >= 0.6 is 0 Å². The number of carbonyl (C=O) groups excluding carboxylic acids is 1. The molecule has 1 aromatic carbocycles. The van der Waals surface area contributed by atoms with Gasteiger partial charge in [0.1, 0.15) is 6.17 Å². The quantitative estimate of drug-likeness (QED) is 0.787. The maximum absolute atomic E-state index is 13.2. The van der Waals surface area contributed by atoms with Crippen LogP contribution < -0.4 is 5.32 Å². The molecule has 1 rings (SSSR count). The molecule has 14 heavy (non-hydrogen) atoms. The van der Waals surface area contributed by atoms with Crippen LogP contribution in [0.5, 0.6) is 0 Å². The number of hydrogen-bond acceptors (Lipinski definition) is 1. The van der Waals surface area contributed by atoms with E-state index in [-0.39, 0.29) is 5.91 Å². The molecule has 0 aliphatic rings. The Morgan fingerprint density at radius 3 is 2.36 bits per heavy atom. The molecule has 2 nitrogen and oxygen atoms in total. The average Bonchev–Trinajstić information content (AvgIpc) is 2.15. The van der Waals surface area contributed by atoms with E-state index in [0.29, 0.717) is 0 Å². The van der Waals surface area contributed by atoms with Crippen molar-refractivity contribution in [3.63, 3.8) is 0 Å². The Morgan fingerprint density at radius 1 is 1.36 bits per heavy atom. The van der Waals surface area contributed by atoms with Crippen LogP contribution in [0.3, 0.4) is 0 Å². The minimum atomic E-state index is -1.10. The van der Waals surface area contributed by atoms with E-state index in [2.05, 4.69) is 5.32 Å². The van der Waals surface area contributed by atoms with Crippen molar-refractivity contribution >= 4 is 5.91 Å². The third kappa shape index (κ3) is 2.83. The molecule has 0 bridgehead atoms. The molecule has 0 heterocycles. The van der Waals surface area contributed by atoms with Crippen molar-refractivity contribution in [2.24, 2.45) is 0 Å². The summed E-state index contributed by atoms with van der Waals surface area (Å²) in [6.07, 6.45) is -1.10. The number of rotatable bonds is 3. The third-order valence-electron chi connectivity index (χ3n) is 1.98. The second kappa shape index (κ2) is 4.74. The molecule has 0 fully saturated rings. The largest absolute Gasteiger partial charge is 0.347 e. The fourth-order valence-electron chi connectivity index (χ4n) is 1.34. The standard InChI is InChI=1S/C11H14FNO/c1-8(12)11(13-9(2)14)10-6-4-3-5-7-10/h3-8,11H,1-2H3,(H,13,14). The predicted molar refractivity (Wildman–Crippen MR) is 53.6 cm³/mol. The van der Waals surface area contributed by atoms with Crippen molar-refractivity contribution in [1.82, 2.24) is 5.32 Å². The van der Waals surface area contributed by atoms with Gasteiger partial charge >= 0.3 is 0 Å². The molecule has 0 aliphatic carbocycles. The van der Waals surface area contributed by atoms with Crippen LogP contribution in [0.4, 0.5) is 4.39 Å². The van der Waals surface area contributed by atoms with Crippen molar-refractivity contribution in [3.05, 3.63) is 35.9 Å². The number of benzene rings is 1. The van der Waals surface area contributed by atoms with Crippen LogP contribution in [0, 0.1) is 0 Å². The molecule has 0 radical (unpaired) electrons. The molecule has 0 aliphatic heterocycles. The highest BCUT2D eigenvalue weighted by Crippen LogP contribution is 2.18. The first-order valence-electron chi connectivity index (χ1n) is 4.57. The van der Waals surface area contributed by atoms with E-state index in [1.165, 1.54) is 13.8 Å². The molecule has 76 valence electrons. The van der Waals surface area contributed by atoms with Gasteiger partial charge in [-0.3, -0.25) is 4.79 Å². The van der Waals surface area contributed by atoms with Crippen LogP contribution in [0.25, 0.3) is 0 Å². The summed E-state index contributed by atoms with van der Waals surface area (Å²) in [5.41, 5.74) is 0.790. The molecule has 0 aromatic heterocycles. The summed E-state index contributed by atoms with van der Waals surface area (Å²) in [6, 6.07) is 8.57.